The minimum absolute atomic E-state index is 0.151. The average molecular weight is 439 g/mol. The molecule has 1 saturated heterocycles. The zero-order chi connectivity index (χ0) is 21.0. The van der Waals surface area contributed by atoms with Crippen molar-refractivity contribution >= 4 is 27.3 Å². The summed E-state index contributed by atoms with van der Waals surface area (Å²) in [5.74, 6) is 0.867. The highest BCUT2D eigenvalue weighted by Gasteiger charge is 2.31. The minimum atomic E-state index is -3.70. The van der Waals surface area contributed by atoms with E-state index >= 15 is 0 Å². The largest absolute Gasteiger partial charge is 0.494 e. The maximum Gasteiger partial charge on any atom is 0.247 e. The highest BCUT2D eigenvalue weighted by atomic mass is 35.5. The molecular weight excluding hydrogens is 412 g/mol. The number of hydrogen-bond acceptors (Lipinski definition) is 5. The van der Waals surface area contributed by atoms with Crippen LogP contribution in [0.25, 0.3) is 0 Å². The van der Waals surface area contributed by atoms with Gasteiger partial charge in [-0.15, -0.1) is 0 Å². The van der Waals surface area contributed by atoms with Crippen molar-refractivity contribution in [1.29, 1.82) is 0 Å². The Morgan fingerprint density at radius 2 is 1.66 bits per heavy atom. The number of sulfonamides is 1. The molecule has 3 rings (SSSR count). The lowest BCUT2D eigenvalue weighted by Crippen LogP contribution is -2.48. The lowest BCUT2D eigenvalue weighted by Gasteiger charge is -2.36. The van der Waals surface area contributed by atoms with Crippen molar-refractivity contribution in [2.75, 3.05) is 44.3 Å². The molecule has 8 heteroatoms. The number of rotatable bonds is 7. The number of anilines is 1. The number of benzene rings is 2. The molecule has 1 fully saturated rings. The number of ether oxygens (including phenoxy) is 2. The summed E-state index contributed by atoms with van der Waals surface area (Å²) in [5, 5.41) is 0.676. The second kappa shape index (κ2) is 9.24. The van der Waals surface area contributed by atoms with Crippen LogP contribution in [-0.2, 0) is 10.0 Å². The smallest absolute Gasteiger partial charge is 0.247 e. The molecule has 0 radical (unpaired) electrons. The van der Waals surface area contributed by atoms with Crippen LogP contribution in [0.3, 0.4) is 0 Å². The monoisotopic (exact) mass is 438 g/mol. The Balaban J connectivity index is 1.82. The Kier molecular flexibility index (Phi) is 6.93. The van der Waals surface area contributed by atoms with Crippen molar-refractivity contribution in [2.45, 2.75) is 25.7 Å². The van der Waals surface area contributed by atoms with Crippen LogP contribution in [0.4, 0.5) is 5.69 Å². The molecule has 0 unspecified atom stereocenters. The summed E-state index contributed by atoms with van der Waals surface area (Å²) in [6.45, 7) is 8.54. The maximum atomic E-state index is 13.4. The van der Waals surface area contributed by atoms with Gasteiger partial charge in [-0.3, -0.25) is 0 Å². The van der Waals surface area contributed by atoms with E-state index in [4.69, 9.17) is 21.1 Å². The summed E-state index contributed by atoms with van der Waals surface area (Å²) in [6.07, 6.45) is 0. The zero-order valence-corrected chi connectivity index (χ0v) is 18.6. The van der Waals surface area contributed by atoms with Crippen LogP contribution in [0, 0.1) is 6.92 Å². The standard InChI is InChI=1S/C21H27ClN2O4S/c1-4-27-18-8-9-20(28-5-2)21(15-18)29(25,26)24-12-10-23(11-13-24)19-14-17(22)7-6-16(19)3/h6-9,14-15H,4-5,10-13H2,1-3H3. The molecule has 0 atom stereocenters. The highest BCUT2D eigenvalue weighted by molar-refractivity contribution is 7.89. The third-order valence-electron chi connectivity index (χ3n) is 4.89. The predicted molar refractivity (Wildman–Crippen MR) is 116 cm³/mol. The predicted octanol–water partition coefficient (Wildman–Crippen LogP) is 3.96. The first-order valence-corrected chi connectivity index (χ1v) is 11.6. The van der Waals surface area contributed by atoms with Gasteiger partial charge in [-0.25, -0.2) is 8.42 Å². The zero-order valence-electron chi connectivity index (χ0n) is 17.0. The molecule has 0 amide bonds. The van der Waals surface area contributed by atoms with E-state index < -0.39 is 10.0 Å². The highest BCUT2D eigenvalue weighted by Crippen LogP contribution is 2.32. The summed E-state index contributed by atoms with van der Waals surface area (Å²) in [4.78, 5) is 2.32. The first kappa shape index (κ1) is 21.7. The van der Waals surface area contributed by atoms with Gasteiger partial charge < -0.3 is 14.4 Å². The molecule has 2 aromatic carbocycles. The van der Waals surface area contributed by atoms with E-state index in [0.717, 1.165) is 11.3 Å². The number of halogens is 1. The second-order valence-corrected chi connectivity index (χ2v) is 9.14. The topological polar surface area (TPSA) is 59.1 Å². The van der Waals surface area contributed by atoms with Crippen molar-refractivity contribution in [1.82, 2.24) is 4.31 Å². The molecule has 1 aliphatic heterocycles. The van der Waals surface area contributed by atoms with Gasteiger partial charge in [-0.05, 0) is 50.6 Å². The van der Waals surface area contributed by atoms with Gasteiger partial charge >= 0.3 is 0 Å². The van der Waals surface area contributed by atoms with Gasteiger partial charge in [-0.2, -0.15) is 4.31 Å². The summed E-state index contributed by atoms with van der Waals surface area (Å²) < 4.78 is 39.3. The second-order valence-electron chi connectivity index (χ2n) is 6.80. The SMILES string of the molecule is CCOc1ccc(OCC)c(S(=O)(=O)N2CCN(c3cc(Cl)ccc3C)CC2)c1. The fourth-order valence-electron chi connectivity index (χ4n) is 3.45. The molecule has 0 N–H and O–H groups in total. The van der Waals surface area contributed by atoms with Gasteiger partial charge in [0.05, 0.1) is 13.2 Å². The van der Waals surface area contributed by atoms with Crippen LogP contribution in [0.5, 0.6) is 11.5 Å². The number of aryl methyl sites for hydroxylation is 1. The van der Waals surface area contributed by atoms with E-state index in [0.29, 0.717) is 55.9 Å². The van der Waals surface area contributed by atoms with E-state index in [-0.39, 0.29) is 4.90 Å². The molecule has 2 aromatic rings. The fourth-order valence-corrected chi connectivity index (χ4v) is 5.19. The lowest BCUT2D eigenvalue weighted by molar-refractivity contribution is 0.319. The molecule has 0 bridgehead atoms. The van der Waals surface area contributed by atoms with E-state index in [1.54, 1.807) is 18.2 Å². The van der Waals surface area contributed by atoms with Crippen LogP contribution in [0.15, 0.2) is 41.3 Å². The van der Waals surface area contributed by atoms with Gasteiger partial charge in [0.25, 0.3) is 0 Å². The maximum absolute atomic E-state index is 13.4. The first-order chi connectivity index (χ1) is 13.9. The van der Waals surface area contributed by atoms with Gasteiger partial charge in [0, 0.05) is 43.0 Å². The summed E-state index contributed by atoms with van der Waals surface area (Å²) in [5.41, 5.74) is 2.16. The van der Waals surface area contributed by atoms with Crippen LogP contribution in [-0.4, -0.2) is 52.1 Å². The van der Waals surface area contributed by atoms with E-state index in [1.165, 1.54) is 4.31 Å². The van der Waals surface area contributed by atoms with Gasteiger partial charge in [-0.1, -0.05) is 17.7 Å². The van der Waals surface area contributed by atoms with Crippen LogP contribution in [0.2, 0.25) is 5.02 Å². The van der Waals surface area contributed by atoms with Gasteiger partial charge in [0.15, 0.2) is 0 Å². The molecule has 6 nitrogen and oxygen atoms in total. The minimum Gasteiger partial charge on any atom is -0.494 e. The Hall–Kier alpha value is -1.96. The number of nitrogens with zero attached hydrogens (tertiary/aromatic N) is 2. The Morgan fingerprint density at radius 3 is 2.31 bits per heavy atom. The Morgan fingerprint density at radius 1 is 0.966 bits per heavy atom. The molecule has 1 aliphatic rings. The third kappa shape index (κ3) is 4.79. The van der Waals surface area contributed by atoms with Gasteiger partial charge in [0.1, 0.15) is 16.4 Å². The Bertz CT molecular complexity index is 957. The fraction of sp³-hybridized carbons (Fsp3) is 0.429. The molecular formula is C21H27ClN2O4S. The molecule has 158 valence electrons. The molecule has 29 heavy (non-hydrogen) atoms. The summed E-state index contributed by atoms with van der Waals surface area (Å²) in [6, 6.07) is 10.7. The molecule has 1 heterocycles. The van der Waals surface area contributed by atoms with Crippen molar-refractivity contribution in [3.63, 3.8) is 0 Å². The molecule has 0 aromatic heterocycles. The normalized spacial score (nSPS) is 15.4. The Labute approximate surface area is 178 Å². The van der Waals surface area contributed by atoms with Crippen molar-refractivity contribution in [2.24, 2.45) is 0 Å². The first-order valence-electron chi connectivity index (χ1n) is 9.77. The number of piperazine rings is 1. The van der Waals surface area contributed by atoms with Crippen LogP contribution >= 0.6 is 11.6 Å². The van der Waals surface area contributed by atoms with Crippen molar-refractivity contribution < 1.29 is 17.9 Å². The number of hydrogen-bond donors (Lipinski definition) is 0. The van der Waals surface area contributed by atoms with E-state index in [9.17, 15) is 8.42 Å². The molecule has 0 spiro atoms. The molecule has 0 aliphatic carbocycles. The van der Waals surface area contributed by atoms with E-state index in [2.05, 4.69) is 4.90 Å². The van der Waals surface area contributed by atoms with Crippen molar-refractivity contribution in [3.8, 4) is 11.5 Å². The van der Waals surface area contributed by atoms with Gasteiger partial charge in [0.2, 0.25) is 10.0 Å². The van der Waals surface area contributed by atoms with Crippen molar-refractivity contribution in [3.05, 3.63) is 47.0 Å². The van der Waals surface area contributed by atoms with Crippen LogP contribution < -0.4 is 14.4 Å². The summed E-state index contributed by atoms with van der Waals surface area (Å²) in [7, 11) is -3.70. The summed E-state index contributed by atoms with van der Waals surface area (Å²) >= 11 is 6.15. The average Bonchev–Trinajstić information content (AvgIpc) is 2.71. The van der Waals surface area contributed by atoms with E-state index in [1.807, 2.05) is 39.0 Å². The quantitative estimate of drug-likeness (QED) is 0.654. The molecule has 0 saturated carbocycles. The third-order valence-corrected chi connectivity index (χ3v) is 7.05. The van der Waals surface area contributed by atoms with Crippen LogP contribution in [0.1, 0.15) is 19.4 Å². The lowest BCUT2D eigenvalue weighted by atomic mass is 10.1.